The number of aryl methyl sites for hydroxylation is 1. The Morgan fingerprint density at radius 3 is 2.80 bits per heavy atom. The SMILES string of the molecule is CCCc1c2c(nc3ccccc13)-c1cc3c(c(=O)n1C2)COC(=O)[C@]31CC(C)O1. The number of carbonyl (C=O) groups excluding carboxylic acids is 1. The van der Waals surface area contributed by atoms with E-state index in [1.54, 1.807) is 4.57 Å². The van der Waals surface area contributed by atoms with Gasteiger partial charge in [0.2, 0.25) is 0 Å². The Balaban J connectivity index is 1.63. The average molecular weight is 402 g/mol. The second-order valence-electron chi connectivity index (χ2n) is 8.53. The molecule has 5 heterocycles. The lowest BCUT2D eigenvalue weighted by Gasteiger charge is -2.47. The summed E-state index contributed by atoms with van der Waals surface area (Å²) < 4.78 is 13.0. The Bertz CT molecular complexity index is 1300. The van der Waals surface area contributed by atoms with Crippen molar-refractivity contribution in [2.24, 2.45) is 0 Å². The van der Waals surface area contributed by atoms with Crippen LogP contribution in [-0.2, 0) is 39.4 Å². The minimum atomic E-state index is -1.15. The molecule has 1 unspecified atom stereocenters. The van der Waals surface area contributed by atoms with E-state index in [4.69, 9.17) is 14.5 Å². The lowest BCUT2D eigenvalue weighted by Crippen LogP contribution is -2.56. The van der Waals surface area contributed by atoms with Crippen LogP contribution < -0.4 is 5.56 Å². The van der Waals surface area contributed by atoms with Gasteiger partial charge in [0.25, 0.3) is 5.56 Å². The van der Waals surface area contributed by atoms with Crippen molar-refractivity contribution >= 4 is 16.9 Å². The fourth-order valence-corrected chi connectivity index (χ4v) is 5.35. The third-order valence-electron chi connectivity index (χ3n) is 6.66. The molecule has 0 aliphatic carbocycles. The zero-order valence-corrected chi connectivity index (χ0v) is 17.0. The maximum atomic E-state index is 13.4. The molecule has 3 aliphatic heterocycles. The third-order valence-corrected chi connectivity index (χ3v) is 6.66. The van der Waals surface area contributed by atoms with Crippen LogP contribution >= 0.6 is 0 Å². The van der Waals surface area contributed by atoms with Crippen molar-refractivity contribution in [1.29, 1.82) is 0 Å². The van der Waals surface area contributed by atoms with Crippen molar-refractivity contribution < 1.29 is 14.3 Å². The molecule has 1 fully saturated rings. The van der Waals surface area contributed by atoms with Crippen molar-refractivity contribution in [3.8, 4) is 11.4 Å². The molecular weight excluding hydrogens is 380 g/mol. The summed E-state index contributed by atoms with van der Waals surface area (Å²) in [5, 5.41) is 1.15. The molecule has 30 heavy (non-hydrogen) atoms. The summed E-state index contributed by atoms with van der Waals surface area (Å²) in [5.74, 6) is -0.395. The highest BCUT2D eigenvalue weighted by atomic mass is 16.6. The van der Waals surface area contributed by atoms with E-state index in [0.29, 0.717) is 24.1 Å². The highest BCUT2D eigenvalue weighted by Crippen LogP contribution is 2.48. The number of nitrogens with zero attached hydrogens (tertiary/aromatic N) is 2. The van der Waals surface area contributed by atoms with Gasteiger partial charge in [-0.2, -0.15) is 0 Å². The predicted octanol–water partition coefficient (Wildman–Crippen LogP) is 3.44. The number of esters is 1. The zero-order chi connectivity index (χ0) is 20.6. The van der Waals surface area contributed by atoms with Crippen LogP contribution in [0.25, 0.3) is 22.3 Å². The van der Waals surface area contributed by atoms with Crippen molar-refractivity contribution in [3.63, 3.8) is 0 Å². The predicted molar refractivity (Wildman–Crippen MR) is 111 cm³/mol. The Kier molecular flexibility index (Phi) is 3.58. The van der Waals surface area contributed by atoms with Gasteiger partial charge in [-0.15, -0.1) is 0 Å². The first-order valence-corrected chi connectivity index (χ1v) is 10.6. The molecule has 0 N–H and O–H groups in total. The molecule has 1 saturated heterocycles. The van der Waals surface area contributed by atoms with Crippen molar-refractivity contribution in [2.45, 2.75) is 58.0 Å². The van der Waals surface area contributed by atoms with Gasteiger partial charge in [0.05, 0.1) is 35.1 Å². The van der Waals surface area contributed by atoms with E-state index in [2.05, 4.69) is 13.0 Å². The molecule has 152 valence electrons. The standard InChI is InChI=1S/C24H22N2O4/c1-3-6-14-15-7-4-5-8-19(15)25-21-16(14)11-26-20(21)9-18-17(22(26)27)12-29-23(28)24(18)10-13(2)30-24/h4-5,7-9,13H,3,6,10-12H2,1-2H3/t13?,24-/m0/s1. The van der Waals surface area contributed by atoms with Gasteiger partial charge in [-0.1, -0.05) is 31.5 Å². The number of benzene rings is 1. The van der Waals surface area contributed by atoms with Gasteiger partial charge >= 0.3 is 5.97 Å². The van der Waals surface area contributed by atoms with Crippen molar-refractivity contribution in [1.82, 2.24) is 9.55 Å². The van der Waals surface area contributed by atoms with Gasteiger partial charge in [-0.25, -0.2) is 9.78 Å². The second-order valence-corrected chi connectivity index (χ2v) is 8.53. The van der Waals surface area contributed by atoms with E-state index in [9.17, 15) is 9.59 Å². The van der Waals surface area contributed by atoms with Crippen LogP contribution in [0.4, 0.5) is 0 Å². The normalized spacial score (nSPS) is 23.7. The Morgan fingerprint density at radius 1 is 1.23 bits per heavy atom. The van der Waals surface area contributed by atoms with Crippen LogP contribution in [-0.4, -0.2) is 21.6 Å². The highest BCUT2D eigenvalue weighted by Gasteiger charge is 2.56. The average Bonchev–Trinajstić information content (AvgIpc) is 3.08. The summed E-state index contributed by atoms with van der Waals surface area (Å²) in [7, 11) is 0. The molecular formula is C24H22N2O4. The van der Waals surface area contributed by atoms with E-state index in [1.165, 1.54) is 5.56 Å². The number of hydrogen-bond acceptors (Lipinski definition) is 5. The lowest BCUT2D eigenvalue weighted by molar-refractivity contribution is -0.234. The summed E-state index contributed by atoms with van der Waals surface area (Å²) in [5.41, 5.74) is 4.85. The topological polar surface area (TPSA) is 70.4 Å². The molecule has 0 amide bonds. The number of ether oxygens (including phenoxy) is 2. The van der Waals surface area contributed by atoms with Crippen LogP contribution in [0.3, 0.4) is 0 Å². The Labute approximate surface area is 173 Å². The van der Waals surface area contributed by atoms with Gasteiger partial charge < -0.3 is 14.0 Å². The molecule has 1 spiro atoms. The van der Waals surface area contributed by atoms with Gasteiger partial charge in [0.15, 0.2) is 5.60 Å². The molecule has 2 atom stereocenters. The molecule has 0 bridgehead atoms. The molecule has 3 aliphatic rings. The minimum absolute atomic E-state index is 0.000335. The number of rotatable bonds is 2. The van der Waals surface area contributed by atoms with Gasteiger partial charge in [-0.05, 0) is 31.0 Å². The number of aromatic nitrogens is 2. The number of cyclic esters (lactones) is 1. The summed E-state index contributed by atoms with van der Waals surface area (Å²) in [4.78, 5) is 31.0. The summed E-state index contributed by atoms with van der Waals surface area (Å²) >= 11 is 0. The summed E-state index contributed by atoms with van der Waals surface area (Å²) in [6.07, 6.45) is 2.44. The highest BCUT2D eigenvalue weighted by molar-refractivity contribution is 5.89. The van der Waals surface area contributed by atoms with Crippen LogP contribution in [0.2, 0.25) is 0 Å². The first-order chi connectivity index (χ1) is 14.5. The van der Waals surface area contributed by atoms with Gasteiger partial charge in [-0.3, -0.25) is 4.79 Å². The van der Waals surface area contributed by atoms with E-state index >= 15 is 0 Å². The number of hydrogen-bond donors (Lipinski definition) is 0. The van der Waals surface area contributed by atoms with Crippen LogP contribution in [0.15, 0.2) is 35.1 Å². The molecule has 6 nitrogen and oxygen atoms in total. The van der Waals surface area contributed by atoms with Gasteiger partial charge in [0.1, 0.15) is 6.61 Å². The van der Waals surface area contributed by atoms with E-state index in [1.807, 2.05) is 31.2 Å². The molecule has 2 aromatic heterocycles. The quantitative estimate of drug-likeness (QED) is 0.481. The number of para-hydroxylation sites is 1. The van der Waals surface area contributed by atoms with Crippen molar-refractivity contribution in [3.05, 3.63) is 62.9 Å². The first kappa shape index (κ1) is 17.8. The molecule has 0 radical (unpaired) electrons. The monoisotopic (exact) mass is 402 g/mol. The van der Waals surface area contributed by atoms with Crippen LogP contribution in [0.5, 0.6) is 0 Å². The fourth-order valence-electron chi connectivity index (χ4n) is 5.35. The van der Waals surface area contributed by atoms with E-state index < -0.39 is 11.6 Å². The maximum absolute atomic E-state index is 13.4. The zero-order valence-electron chi connectivity index (χ0n) is 17.0. The van der Waals surface area contributed by atoms with E-state index in [0.717, 1.165) is 40.7 Å². The maximum Gasteiger partial charge on any atom is 0.343 e. The van der Waals surface area contributed by atoms with E-state index in [-0.39, 0.29) is 18.3 Å². The molecule has 3 aromatic rings. The largest absolute Gasteiger partial charge is 0.458 e. The molecule has 0 saturated carbocycles. The number of fused-ring (bicyclic) bond motifs is 6. The van der Waals surface area contributed by atoms with Crippen LogP contribution in [0, 0.1) is 0 Å². The summed E-state index contributed by atoms with van der Waals surface area (Å²) in [6, 6.07) is 10.1. The second kappa shape index (κ2) is 6.01. The smallest absolute Gasteiger partial charge is 0.343 e. The van der Waals surface area contributed by atoms with Gasteiger partial charge in [0, 0.05) is 22.9 Å². The number of carbonyl (C=O) groups is 1. The first-order valence-electron chi connectivity index (χ1n) is 10.6. The molecule has 1 aromatic carbocycles. The minimum Gasteiger partial charge on any atom is -0.458 e. The Morgan fingerprint density at radius 2 is 2.03 bits per heavy atom. The lowest BCUT2D eigenvalue weighted by atomic mass is 9.79. The van der Waals surface area contributed by atoms with Crippen LogP contribution in [0.1, 0.15) is 48.9 Å². The molecule has 6 heteroatoms. The number of pyridine rings is 2. The third kappa shape index (κ3) is 2.14. The molecule has 6 rings (SSSR count). The Hall–Kier alpha value is -2.99. The summed E-state index contributed by atoms with van der Waals surface area (Å²) in [6.45, 7) is 4.59. The fraction of sp³-hybridized carbons (Fsp3) is 0.375. The van der Waals surface area contributed by atoms with Crippen molar-refractivity contribution in [2.75, 3.05) is 0 Å².